The lowest BCUT2D eigenvalue weighted by Gasteiger charge is -2.28. The Kier molecular flexibility index (Phi) is 5.27. The van der Waals surface area contributed by atoms with Crippen LogP contribution in [-0.4, -0.2) is 43.9 Å². The van der Waals surface area contributed by atoms with Gasteiger partial charge in [0.25, 0.3) is 5.91 Å². The van der Waals surface area contributed by atoms with E-state index in [0.29, 0.717) is 12.2 Å². The highest BCUT2D eigenvalue weighted by molar-refractivity contribution is 7.91. The first-order valence-corrected chi connectivity index (χ1v) is 10.1. The van der Waals surface area contributed by atoms with Crippen molar-refractivity contribution in [3.63, 3.8) is 0 Å². The highest BCUT2D eigenvalue weighted by atomic mass is 32.2. The summed E-state index contributed by atoms with van der Waals surface area (Å²) in [5, 5.41) is 0. The van der Waals surface area contributed by atoms with Crippen molar-refractivity contribution in [2.45, 2.75) is 19.0 Å². The number of sulfone groups is 1. The average Bonchev–Trinajstić information content (AvgIpc) is 2.99. The Balaban J connectivity index is 1.91. The zero-order valence-corrected chi connectivity index (χ0v) is 15.2. The number of rotatable bonds is 5. The van der Waals surface area contributed by atoms with Gasteiger partial charge in [-0.15, -0.1) is 0 Å². The van der Waals surface area contributed by atoms with Crippen molar-refractivity contribution in [1.29, 1.82) is 0 Å². The smallest absolute Gasteiger partial charge is 0.257 e. The molecule has 1 fully saturated rings. The SMILES string of the molecule is COc1ccc(CN(C(=O)c2ccccc2F)[C@@H]2CCS(=O)(=O)C2)cc1. The molecule has 0 aromatic heterocycles. The van der Waals surface area contributed by atoms with Gasteiger partial charge in [0.2, 0.25) is 0 Å². The van der Waals surface area contributed by atoms with Crippen molar-refractivity contribution in [3.8, 4) is 5.75 Å². The summed E-state index contributed by atoms with van der Waals surface area (Å²) in [6.07, 6.45) is 0.360. The Morgan fingerprint density at radius 2 is 1.88 bits per heavy atom. The minimum atomic E-state index is -3.18. The van der Waals surface area contributed by atoms with Crippen molar-refractivity contribution in [2.75, 3.05) is 18.6 Å². The molecule has 7 heteroatoms. The molecule has 26 heavy (non-hydrogen) atoms. The van der Waals surface area contributed by atoms with E-state index in [4.69, 9.17) is 4.74 Å². The van der Waals surface area contributed by atoms with Crippen LogP contribution >= 0.6 is 0 Å². The third-order valence-electron chi connectivity index (χ3n) is 4.53. The second kappa shape index (κ2) is 7.45. The van der Waals surface area contributed by atoms with Gasteiger partial charge in [-0.25, -0.2) is 12.8 Å². The maximum absolute atomic E-state index is 14.1. The second-order valence-electron chi connectivity index (χ2n) is 6.32. The van der Waals surface area contributed by atoms with E-state index in [-0.39, 0.29) is 23.6 Å². The van der Waals surface area contributed by atoms with Gasteiger partial charge in [-0.3, -0.25) is 4.79 Å². The van der Waals surface area contributed by atoms with Gasteiger partial charge in [-0.2, -0.15) is 0 Å². The van der Waals surface area contributed by atoms with Crippen molar-refractivity contribution in [1.82, 2.24) is 4.90 Å². The van der Waals surface area contributed by atoms with Crippen molar-refractivity contribution >= 4 is 15.7 Å². The molecule has 2 aromatic rings. The molecule has 138 valence electrons. The fraction of sp³-hybridized carbons (Fsp3) is 0.316. The summed E-state index contributed by atoms with van der Waals surface area (Å²) in [7, 11) is -1.61. The van der Waals surface area contributed by atoms with Gasteiger partial charge in [0.1, 0.15) is 11.6 Å². The van der Waals surface area contributed by atoms with Crippen LogP contribution in [0.3, 0.4) is 0 Å². The van der Waals surface area contributed by atoms with E-state index in [1.165, 1.54) is 23.1 Å². The molecule has 0 bridgehead atoms. The van der Waals surface area contributed by atoms with E-state index in [0.717, 1.165) is 5.56 Å². The minimum Gasteiger partial charge on any atom is -0.497 e. The number of nitrogens with zero attached hydrogens (tertiary/aromatic N) is 1. The van der Waals surface area contributed by atoms with Crippen molar-refractivity contribution < 1.29 is 22.3 Å². The quantitative estimate of drug-likeness (QED) is 0.804. The van der Waals surface area contributed by atoms with E-state index in [2.05, 4.69) is 0 Å². The third kappa shape index (κ3) is 4.04. The van der Waals surface area contributed by atoms with Crippen LogP contribution in [0.15, 0.2) is 48.5 Å². The summed E-state index contributed by atoms with van der Waals surface area (Å²) in [6.45, 7) is 0.206. The van der Waals surface area contributed by atoms with Crippen LogP contribution in [0.25, 0.3) is 0 Å². The third-order valence-corrected chi connectivity index (χ3v) is 6.28. The molecule has 5 nitrogen and oxygen atoms in total. The van der Waals surface area contributed by atoms with E-state index in [9.17, 15) is 17.6 Å². The average molecular weight is 377 g/mol. The largest absolute Gasteiger partial charge is 0.497 e. The number of amides is 1. The van der Waals surface area contributed by atoms with Gasteiger partial charge >= 0.3 is 0 Å². The molecular formula is C19H20FNO4S. The molecule has 0 unspecified atom stereocenters. The zero-order valence-electron chi connectivity index (χ0n) is 14.4. The number of benzene rings is 2. The van der Waals surface area contributed by atoms with Crippen LogP contribution in [0.4, 0.5) is 4.39 Å². The standard InChI is InChI=1S/C19H20FNO4S/c1-25-16-8-6-14(7-9-16)12-21(15-10-11-26(23,24)13-15)19(22)17-4-2-3-5-18(17)20/h2-9,15H,10-13H2,1H3/t15-/m1/s1. The molecule has 0 aliphatic carbocycles. The summed E-state index contributed by atoms with van der Waals surface area (Å²) >= 11 is 0. The molecule has 1 saturated heterocycles. The van der Waals surface area contributed by atoms with E-state index in [1.54, 1.807) is 25.3 Å². The van der Waals surface area contributed by atoms with Crippen molar-refractivity contribution in [3.05, 3.63) is 65.5 Å². The lowest BCUT2D eigenvalue weighted by Crippen LogP contribution is -2.41. The second-order valence-corrected chi connectivity index (χ2v) is 8.55. The minimum absolute atomic E-state index is 0.0430. The first kappa shape index (κ1) is 18.4. The predicted octanol–water partition coefficient (Wildman–Crippen LogP) is 2.66. The van der Waals surface area contributed by atoms with Crippen LogP contribution in [0, 0.1) is 5.82 Å². The van der Waals surface area contributed by atoms with Crippen LogP contribution < -0.4 is 4.74 Å². The normalized spacial score (nSPS) is 18.5. The molecular weight excluding hydrogens is 357 g/mol. The van der Waals surface area contributed by atoms with E-state index >= 15 is 0 Å². The Bertz CT molecular complexity index is 896. The van der Waals surface area contributed by atoms with Crippen LogP contribution in [-0.2, 0) is 16.4 Å². The van der Waals surface area contributed by atoms with Gasteiger partial charge in [0, 0.05) is 12.6 Å². The summed E-state index contributed by atoms with van der Waals surface area (Å²) in [5.74, 6) is -0.478. The van der Waals surface area contributed by atoms with Crippen LogP contribution in [0.5, 0.6) is 5.75 Å². The van der Waals surface area contributed by atoms with Gasteiger partial charge in [-0.05, 0) is 36.2 Å². The maximum atomic E-state index is 14.1. The molecule has 1 aliphatic heterocycles. The Morgan fingerprint density at radius 1 is 1.19 bits per heavy atom. The topological polar surface area (TPSA) is 63.7 Å². The summed E-state index contributed by atoms with van der Waals surface area (Å²) < 4.78 is 43.0. The Hall–Kier alpha value is -2.41. The number of ether oxygens (including phenoxy) is 1. The zero-order chi connectivity index (χ0) is 18.7. The predicted molar refractivity (Wildman–Crippen MR) is 96.3 cm³/mol. The highest BCUT2D eigenvalue weighted by Crippen LogP contribution is 2.24. The highest BCUT2D eigenvalue weighted by Gasteiger charge is 2.35. The first-order valence-electron chi connectivity index (χ1n) is 8.28. The molecule has 0 N–H and O–H groups in total. The van der Waals surface area contributed by atoms with Crippen LogP contribution in [0.2, 0.25) is 0 Å². The molecule has 0 radical (unpaired) electrons. The summed E-state index contributed by atoms with van der Waals surface area (Å²) in [4.78, 5) is 14.4. The molecule has 0 spiro atoms. The number of halogens is 1. The van der Waals surface area contributed by atoms with Gasteiger partial charge in [0.15, 0.2) is 9.84 Å². The fourth-order valence-electron chi connectivity index (χ4n) is 3.10. The van der Waals surface area contributed by atoms with E-state index < -0.39 is 27.6 Å². The number of hydrogen-bond donors (Lipinski definition) is 0. The monoisotopic (exact) mass is 377 g/mol. The maximum Gasteiger partial charge on any atom is 0.257 e. The number of hydrogen-bond acceptors (Lipinski definition) is 4. The molecule has 1 aliphatic rings. The lowest BCUT2D eigenvalue weighted by atomic mass is 10.1. The lowest BCUT2D eigenvalue weighted by molar-refractivity contribution is 0.0676. The van der Waals surface area contributed by atoms with E-state index in [1.807, 2.05) is 12.1 Å². The number of carbonyl (C=O) groups is 1. The molecule has 2 aromatic carbocycles. The molecule has 1 atom stereocenters. The molecule has 1 heterocycles. The van der Waals surface area contributed by atoms with Gasteiger partial charge in [-0.1, -0.05) is 24.3 Å². The summed E-state index contributed by atoms with van der Waals surface area (Å²) in [6, 6.07) is 12.4. The number of carbonyl (C=O) groups excluding carboxylic acids is 1. The number of methoxy groups -OCH3 is 1. The molecule has 1 amide bonds. The Morgan fingerprint density at radius 3 is 2.46 bits per heavy atom. The first-order chi connectivity index (χ1) is 12.4. The molecule has 0 saturated carbocycles. The van der Waals surface area contributed by atoms with Crippen molar-refractivity contribution in [2.24, 2.45) is 0 Å². The Labute approximate surface area is 152 Å². The van der Waals surface area contributed by atoms with Crippen LogP contribution in [0.1, 0.15) is 22.3 Å². The fourth-order valence-corrected chi connectivity index (χ4v) is 4.84. The van der Waals surface area contributed by atoms with Gasteiger partial charge < -0.3 is 9.64 Å². The van der Waals surface area contributed by atoms with Gasteiger partial charge in [0.05, 0.1) is 24.2 Å². The molecule has 3 rings (SSSR count). The summed E-state index contributed by atoms with van der Waals surface area (Å²) in [5.41, 5.74) is 0.769.